The first-order valence-electron chi connectivity index (χ1n) is 4.19. The molecule has 12 heavy (non-hydrogen) atoms. The molecule has 0 saturated carbocycles. The highest BCUT2D eigenvalue weighted by Gasteiger charge is 2.13. The summed E-state index contributed by atoms with van der Waals surface area (Å²) in [7, 11) is 0. The van der Waals surface area contributed by atoms with Gasteiger partial charge >= 0.3 is 0 Å². The molecule has 0 aromatic heterocycles. The van der Waals surface area contributed by atoms with Crippen LogP contribution in [0.25, 0.3) is 0 Å². The molecule has 0 rings (SSSR count). The molecule has 0 aromatic carbocycles. The third-order valence-corrected chi connectivity index (χ3v) is 3.05. The Morgan fingerprint density at radius 1 is 1.42 bits per heavy atom. The Labute approximate surface area is 83.4 Å². The Hall–Kier alpha value is -0.110. The molecule has 70 valence electrons. The van der Waals surface area contributed by atoms with Crippen LogP contribution in [-0.4, -0.2) is 5.78 Å². The predicted molar refractivity (Wildman–Crippen MR) is 56.4 cm³/mol. The maximum absolute atomic E-state index is 10.6. The number of Topliss-reactive ketones (excluding diaryl/α,β-unsaturated/α-hetero) is 1. The average Bonchev–Trinajstić information content (AvgIpc) is 1.84. The summed E-state index contributed by atoms with van der Waals surface area (Å²) in [5.74, 6) is 0.250. The van der Waals surface area contributed by atoms with E-state index in [0.29, 0.717) is 6.42 Å². The summed E-state index contributed by atoms with van der Waals surface area (Å²) < 4.78 is 1.18. The highest BCUT2D eigenvalue weighted by atomic mass is 79.9. The highest BCUT2D eigenvalue weighted by Crippen LogP contribution is 2.30. The van der Waals surface area contributed by atoms with E-state index in [1.54, 1.807) is 6.92 Å². The molecule has 0 aliphatic rings. The molecule has 0 aromatic rings. The van der Waals surface area contributed by atoms with Gasteiger partial charge in [-0.2, -0.15) is 0 Å². The Balaban J connectivity index is 3.94. The topological polar surface area (TPSA) is 17.1 Å². The largest absolute Gasteiger partial charge is 0.300 e. The second kappa shape index (κ2) is 4.80. The SMILES string of the molecule is CC(=O)CC/C=C(\Br)C(C)(C)C. The molecule has 0 radical (unpaired) electrons. The lowest BCUT2D eigenvalue weighted by molar-refractivity contribution is -0.116. The average molecular weight is 233 g/mol. The summed E-state index contributed by atoms with van der Waals surface area (Å²) in [6.45, 7) is 8.04. The molecule has 0 unspecified atom stereocenters. The maximum Gasteiger partial charge on any atom is 0.130 e. The summed E-state index contributed by atoms with van der Waals surface area (Å²) >= 11 is 3.50. The van der Waals surface area contributed by atoms with E-state index in [0.717, 1.165) is 6.42 Å². The van der Waals surface area contributed by atoms with Crippen LogP contribution >= 0.6 is 15.9 Å². The van der Waals surface area contributed by atoms with Crippen molar-refractivity contribution in [3.63, 3.8) is 0 Å². The van der Waals surface area contributed by atoms with E-state index in [4.69, 9.17) is 0 Å². The number of carbonyl (C=O) groups is 1. The molecule has 1 nitrogen and oxygen atoms in total. The summed E-state index contributed by atoms with van der Waals surface area (Å²) in [4.78, 5) is 10.6. The Bertz CT molecular complexity index is 187. The molecule has 0 aliphatic heterocycles. The van der Waals surface area contributed by atoms with E-state index >= 15 is 0 Å². The molecule has 0 amide bonds. The van der Waals surface area contributed by atoms with Gasteiger partial charge in [-0.1, -0.05) is 42.8 Å². The molecule has 0 N–H and O–H groups in total. The summed E-state index contributed by atoms with van der Waals surface area (Å²) in [5, 5.41) is 0. The molecule has 0 spiro atoms. The fourth-order valence-electron chi connectivity index (χ4n) is 0.708. The van der Waals surface area contributed by atoms with E-state index in [1.807, 2.05) is 0 Å². The van der Waals surface area contributed by atoms with Crippen LogP contribution in [0.3, 0.4) is 0 Å². The second-order valence-electron chi connectivity index (χ2n) is 4.04. The smallest absolute Gasteiger partial charge is 0.130 e. The minimum atomic E-state index is 0.163. The Kier molecular flexibility index (Phi) is 4.76. The van der Waals surface area contributed by atoms with Gasteiger partial charge in [-0.25, -0.2) is 0 Å². The zero-order valence-corrected chi connectivity index (χ0v) is 9.86. The number of hydrogen-bond acceptors (Lipinski definition) is 1. The van der Waals surface area contributed by atoms with Gasteiger partial charge in [0.2, 0.25) is 0 Å². The van der Waals surface area contributed by atoms with Gasteiger partial charge in [0.05, 0.1) is 0 Å². The van der Waals surface area contributed by atoms with Crippen molar-refractivity contribution >= 4 is 21.7 Å². The predicted octanol–water partition coefficient (Wildman–Crippen LogP) is 3.68. The van der Waals surface area contributed by atoms with E-state index in [9.17, 15) is 4.79 Å². The number of carbonyl (C=O) groups excluding carboxylic acids is 1. The van der Waals surface area contributed by atoms with Crippen molar-refractivity contribution in [2.45, 2.75) is 40.5 Å². The Morgan fingerprint density at radius 3 is 2.25 bits per heavy atom. The first-order chi connectivity index (χ1) is 5.34. The number of allylic oxidation sites excluding steroid dienone is 2. The van der Waals surface area contributed by atoms with Crippen LogP contribution < -0.4 is 0 Å². The second-order valence-corrected chi connectivity index (χ2v) is 4.90. The third-order valence-electron chi connectivity index (χ3n) is 1.54. The number of hydrogen-bond donors (Lipinski definition) is 0. The lowest BCUT2D eigenvalue weighted by atomic mass is 9.95. The van der Waals surface area contributed by atoms with Crippen LogP contribution in [0.1, 0.15) is 40.5 Å². The molecule has 0 bridgehead atoms. The van der Waals surface area contributed by atoms with Crippen molar-refractivity contribution in [1.82, 2.24) is 0 Å². The first-order valence-corrected chi connectivity index (χ1v) is 4.99. The van der Waals surface area contributed by atoms with E-state index < -0.39 is 0 Å². The molecule has 0 aliphatic carbocycles. The number of ketones is 1. The highest BCUT2D eigenvalue weighted by molar-refractivity contribution is 9.11. The van der Waals surface area contributed by atoms with Crippen molar-refractivity contribution in [2.24, 2.45) is 5.41 Å². The fraction of sp³-hybridized carbons (Fsp3) is 0.700. The lowest BCUT2D eigenvalue weighted by Gasteiger charge is -2.17. The van der Waals surface area contributed by atoms with Crippen LogP contribution in [0, 0.1) is 5.41 Å². The maximum atomic E-state index is 10.6. The van der Waals surface area contributed by atoms with Crippen molar-refractivity contribution in [3.8, 4) is 0 Å². The lowest BCUT2D eigenvalue weighted by Crippen LogP contribution is -2.04. The molecule has 0 atom stereocenters. The van der Waals surface area contributed by atoms with Crippen molar-refractivity contribution in [1.29, 1.82) is 0 Å². The summed E-state index contributed by atoms with van der Waals surface area (Å²) in [6.07, 6.45) is 3.57. The monoisotopic (exact) mass is 232 g/mol. The van der Waals surface area contributed by atoms with Crippen LogP contribution in [-0.2, 0) is 4.79 Å². The van der Waals surface area contributed by atoms with Gasteiger partial charge in [0.1, 0.15) is 5.78 Å². The van der Waals surface area contributed by atoms with Gasteiger partial charge in [0.25, 0.3) is 0 Å². The molecule has 0 heterocycles. The normalized spacial score (nSPS) is 13.2. The van der Waals surface area contributed by atoms with Crippen LogP contribution in [0.5, 0.6) is 0 Å². The third kappa shape index (κ3) is 5.53. The van der Waals surface area contributed by atoms with Gasteiger partial charge in [-0.3, -0.25) is 0 Å². The minimum Gasteiger partial charge on any atom is -0.300 e. The quantitative estimate of drug-likeness (QED) is 0.726. The minimum absolute atomic E-state index is 0.163. The zero-order valence-electron chi connectivity index (χ0n) is 8.28. The van der Waals surface area contributed by atoms with E-state index in [1.165, 1.54) is 4.48 Å². The molecule has 0 fully saturated rings. The molecule has 0 saturated heterocycles. The number of rotatable bonds is 3. The molecule has 2 heteroatoms. The van der Waals surface area contributed by atoms with Gasteiger partial charge < -0.3 is 4.79 Å². The summed E-state index contributed by atoms with van der Waals surface area (Å²) in [5.41, 5.74) is 0.163. The zero-order chi connectivity index (χ0) is 9.78. The van der Waals surface area contributed by atoms with Crippen LogP contribution in [0.4, 0.5) is 0 Å². The molecular weight excluding hydrogens is 216 g/mol. The number of halogens is 1. The van der Waals surface area contributed by atoms with Crippen molar-refractivity contribution in [3.05, 3.63) is 10.6 Å². The van der Waals surface area contributed by atoms with Crippen LogP contribution in [0.2, 0.25) is 0 Å². The Morgan fingerprint density at radius 2 is 1.92 bits per heavy atom. The van der Waals surface area contributed by atoms with E-state index in [-0.39, 0.29) is 11.2 Å². The standard InChI is InChI=1S/C10H17BrO/c1-8(12)6-5-7-9(11)10(2,3)4/h7H,5-6H2,1-4H3/b9-7-. The van der Waals surface area contributed by atoms with Crippen molar-refractivity contribution in [2.75, 3.05) is 0 Å². The summed E-state index contributed by atoms with van der Waals surface area (Å²) in [6, 6.07) is 0. The fourth-order valence-corrected chi connectivity index (χ4v) is 0.937. The molecular formula is C10H17BrO. The van der Waals surface area contributed by atoms with E-state index in [2.05, 4.69) is 42.8 Å². The van der Waals surface area contributed by atoms with Crippen molar-refractivity contribution < 1.29 is 4.79 Å². The first kappa shape index (κ1) is 11.9. The van der Waals surface area contributed by atoms with Gasteiger partial charge in [-0.15, -0.1) is 0 Å². The van der Waals surface area contributed by atoms with Crippen LogP contribution in [0.15, 0.2) is 10.6 Å². The van der Waals surface area contributed by atoms with Gasteiger partial charge in [0, 0.05) is 6.42 Å². The van der Waals surface area contributed by atoms with Gasteiger partial charge in [0.15, 0.2) is 0 Å². The van der Waals surface area contributed by atoms with Gasteiger partial charge in [-0.05, 0) is 23.2 Å².